The third kappa shape index (κ3) is 3.87. The lowest BCUT2D eigenvalue weighted by molar-refractivity contribution is -0.116. The van der Waals surface area contributed by atoms with Crippen LogP contribution in [0.5, 0.6) is 5.75 Å². The summed E-state index contributed by atoms with van der Waals surface area (Å²) in [4.78, 5) is 29.8. The van der Waals surface area contributed by atoms with Gasteiger partial charge in [-0.2, -0.15) is 0 Å². The Hall–Kier alpha value is -3.16. The maximum absolute atomic E-state index is 12.8. The first kappa shape index (κ1) is 19.2. The number of benzene rings is 2. The van der Waals surface area contributed by atoms with Gasteiger partial charge in [0.05, 0.1) is 24.6 Å². The molecule has 4 rings (SSSR count). The number of nitrogens with one attached hydrogen (secondary N) is 1. The molecule has 0 fully saturated rings. The number of ether oxygens (including phenoxy) is 1. The molecule has 0 aliphatic heterocycles. The molecule has 0 unspecified atom stereocenters. The van der Waals surface area contributed by atoms with E-state index in [1.54, 1.807) is 18.2 Å². The number of fused-ring (bicyclic) bond motifs is 1. The number of methoxy groups -OCH3 is 1. The van der Waals surface area contributed by atoms with Crippen LogP contribution >= 0.6 is 22.9 Å². The number of halogens is 1. The first-order chi connectivity index (χ1) is 14.1. The van der Waals surface area contributed by atoms with Crippen molar-refractivity contribution in [3.05, 3.63) is 75.6 Å². The van der Waals surface area contributed by atoms with Crippen LogP contribution in [0.3, 0.4) is 0 Å². The van der Waals surface area contributed by atoms with Crippen molar-refractivity contribution in [1.82, 2.24) is 9.55 Å². The highest BCUT2D eigenvalue weighted by Crippen LogP contribution is 2.30. The van der Waals surface area contributed by atoms with Crippen LogP contribution in [0.4, 0.5) is 5.69 Å². The zero-order valence-electron chi connectivity index (χ0n) is 15.4. The average Bonchev–Trinajstić information content (AvgIpc) is 3.16. The number of aromatic nitrogens is 2. The second-order valence-electron chi connectivity index (χ2n) is 6.26. The molecule has 8 heteroatoms. The molecule has 0 bridgehead atoms. The molecule has 2 aromatic carbocycles. The topological polar surface area (TPSA) is 73.2 Å². The summed E-state index contributed by atoms with van der Waals surface area (Å²) in [6, 6.07) is 14.7. The Morgan fingerprint density at radius 3 is 2.79 bits per heavy atom. The molecule has 0 spiro atoms. The fourth-order valence-electron chi connectivity index (χ4n) is 3.00. The predicted molar refractivity (Wildman–Crippen MR) is 116 cm³/mol. The van der Waals surface area contributed by atoms with Crippen LogP contribution in [0.25, 0.3) is 21.3 Å². The van der Waals surface area contributed by atoms with Crippen molar-refractivity contribution in [3.63, 3.8) is 0 Å². The van der Waals surface area contributed by atoms with Crippen LogP contribution in [0.1, 0.15) is 0 Å². The van der Waals surface area contributed by atoms with E-state index in [4.69, 9.17) is 16.3 Å². The third-order valence-corrected chi connectivity index (χ3v) is 5.57. The lowest BCUT2D eigenvalue weighted by Crippen LogP contribution is -2.27. The van der Waals surface area contributed by atoms with Crippen LogP contribution in [0.2, 0.25) is 5.02 Å². The lowest BCUT2D eigenvalue weighted by atomic mass is 10.1. The van der Waals surface area contributed by atoms with Gasteiger partial charge in [0.2, 0.25) is 5.91 Å². The molecule has 2 aromatic heterocycles. The Bertz CT molecular complexity index is 1250. The minimum absolute atomic E-state index is 0.171. The van der Waals surface area contributed by atoms with Crippen molar-refractivity contribution in [2.24, 2.45) is 0 Å². The van der Waals surface area contributed by atoms with E-state index >= 15 is 0 Å². The summed E-state index contributed by atoms with van der Waals surface area (Å²) >= 11 is 7.31. The number of anilines is 1. The zero-order chi connectivity index (χ0) is 20.4. The van der Waals surface area contributed by atoms with Crippen molar-refractivity contribution in [2.75, 3.05) is 12.4 Å². The van der Waals surface area contributed by atoms with Gasteiger partial charge in [-0.25, -0.2) is 4.98 Å². The molecule has 29 heavy (non-hydrogen) atoms. The smallest absolute Gasteiger partial charge is 0.271 e. The van der Waals surface area contributed by atoms with Gasteiger partial charge in [-0.15, -0.1) is 11.3 Å². The number of nitrogens with zero attached hydrogens (tertiary/aromatic N) is 2. The lowest BCUT2D eigenvalue weighted by Gasteiger charge is -2.11. The van der Waals surface area contributed by atoms with Gasteiger partial charge in [0.1, 0.15) is 17.0 Å². The van der Waals surface area contributed by atoms with Gasteiger partial charge in [0.25, 0.3) is 5.56 Å². The normalized spacial score (nSPS) is 10.8. The van der Waals surface area contributed by atoms with E-state index in [0.29, 0.717) is 26.7 Å². The van der Waals surface area contributed by atoms with E-state index in [0.717, 1.165) is 11.1 Å². The second kappa shape index (κ2) is 8.06. The molecule has 0 saturated carbocycles. The van der Waals surface area contributed by atoms with Crippen molar-refractivity contribution >= 4 is 44.7 Å². The van der Waals surface area contributed by atoms with Crippen LogP contribution in [-0.2, 0) is 11.3 Å². The second-order valence-corrected chi connectivity index (χ2v) is 7.58. The zero-order valence-corrected chi connectivity index (χ0v) is 17.0. The molecule has 1 amide bonds. The van der Waals surface area contributed by atoms with Crippen LogP contribution < -0.4 is 15.6 Å². The summed E-state index contributed by atoms with van der Waals surface area (Å²) in [6.45, 7) is -0.171. The minimum Gasteiger partial charge on any atom is -0.495 e. The van der Waals surface area contributed by atoms with Gasteiger partial charge in [-0.3, -0.25) is 14.2 Å². The molecule has 1 N–H and O–H groups in total. The monoisotopic (exact) mass is 425 g/mol. The number of carbonyl (C=O) groups excluding carboxylic acids is 1. The Balaban J connectivity index is 1.61. The first-order valence-corrected chi connectivity index (χ1v) is 9.98. The highest BCUT2D eigenvalue weighted by Gasteiger charge is 2.15. The van der Waals surface area contributed by atoms with Crippen molar-refractivity contribution in [2.45, 2.75) is 6.54 Å². The SMILES string of the molecule is COc1ccc(Cl)cc1NC(=O)Cn1cnc2c(-c3ccccc3)csc2c1=O. The van der Waals surface area contributed by atoms with Gasteiger partial charge in [0.15, 0.2) is 0 Å². The van der Waals surface area contributed by atoms with Gasteiger partial charge in [0, 0.05) is 16.0 Å². The molecule has 0 aliphatic rings. The summed E-state index contributed by atoms with van der Waals surface area (Å²) < 4.78 is 7.03. The van der Waals surface area contributed by atoms with E-state index in [1.165, 1.54) is 29.3 Å². The average molecular weight is 426 g/mol. The van der Waals surface area contributed by atoms with E-state index in [-0.39, 0.29) is 18.0 Å². The Kier molecular flexibility index (Phi) is 5.33. The Labute approximate surface area is 175 Å². The number of rotatable bonds is 5. The summed E-state index contributed by atoms with van der Waals surface area (Å²) in [7, 11) is 1.50. The molecule has 2 heterocycles. The highest BCUT2D eigenvalue weighted by molar-refractivity contribution is 7.17. The van der Waals surface area contributed by atoms with Crippen molar-refractivity contribution in [1.29, 1.82) is 0 Å². The molecule has 0 atom stereocenters. The van der Waals surface area contributed by atoms with E-state index in [2.05, 4.69) is 10.3 Å². The third-order valence-electron chi connectivity index (χ3n) is 4.38. The number of carbonyl (C=O) groups is 1. The maximum Gasteiger partial charge on any atom is 0.271 e. The van der Waals surface area contributed by atoms with Crippen molar-refractivity contribution in [3.8, 4) is 16.9 Å². The summed E-state index contributed by atoms with van der Waals surface area (Å²) in [5.41, 5.74) is 2.72. The standard InChI is InChI=1S/C21H16ClN3O3S/c1-28-17-8-7-14(22)9-16(17)24-18(26)10-25-12-23-19-15(11-29-20(19)21(25)27)13-5-3-2-4-6-13/h2-9,11-12H,10H2,1H3,(H,24,26). The van der Waals surface area contributed by atoms with Gasteiger partial charge in [-0.1, -0.05) is 41.9 Å². The first-order valence-electron chi connectivity index (χ1n) is 8.72. The summed E-state index contributed by atoms with van der Waals surface area (Å²) in [6.07, 6.45) is 1.40. The quantitative estimate of drug-likeness (QED) is 0.513. The largest absolute Gasteiger partial charge is 0.495 e. The van der Waals surface area contributed by atoms with E-state index < -0.39 is 0 Å². The van der Waals surface area contributed by atoms with Crippen LogP contribution in [0.15, 0.2) is 65.0 Å². The van der Waals surface area contributed by atoms with Gasteiger partial charge >= 0.3 is 0 Å². The van der Waals surface area contributed by atoms with Crippen molar-refractivity contribution < 1.29 is 9.53 Å². The van der Waals surface area contributed by atoms with Crippen LogP contribution in [0, 0.1) is 0 Å². The highest BCUT2D eigenvalue weighted by atomic mass is 35.5. The van der Waals surface area contributed by atoms with Gasteiger partial charge in [-0.05, 0) is 23.8 Å². The number of amides is 1. The summed E-state index contributed by atoms with van der Waals surface area (Å²) in [5, 5.41) is 5.10. The number of hydrogen-bond acceptors (Lipinski definition) is 5. The summed E-state index contributed by atoms with van der Waals surface area (Å²) in [5.74, 6) is 0.100. The Morgan fingerprint density at radius 2 is 2.03 bits per heavy atom. The molecule has 0 saturated heterocycles. The van der Waals surface area contributed by atoms with Crippen LogP contribution in [-0.4, -0.2) is 22.6 Å². The Morgan fingerprint density at radius 1 is 1.24 bits per heavy atom. The minimum atomic E-state index is -0.381. The van der Waals surface area contributed by atoms with Gasteiger partial charge < -0.3 is 10.1 Å². The molecular formula is C21H16ClN3O3S. The fourth-order valence-corrected chi connectivity index (χ4v) is 4.15. The number of hydrogen-bond donors (Lipinski definition) is 1. The van der Waals surface area contributed by atoms with E-state index in [1.807, 2.05) is 35.7 Å². The number of thiophene rings is 1. The maximum atomic E-state index is 12.8. The molecule has 6 nitrogen and oxygen atoms in total. The fraction of sp³-hybridized carbons (Fsp3) is 0.0952. The van der Waals surface area contributed by atoms with E-state index in [9.17, 15) is 9.59 Å². The predicted octanol–water partition coefficient (Wildman–Crippen LogP) is 4.43. The molecule has 0 aliphatic carbocycles. The molecule has 146 valence electrons. The molecule has 4 aromatic rings. The molecular weight excluding hydrogens is 410 g/mol. The molecule has 0 radical (unpaired) electrons.